The molecule has 2 heterocycles. The molecule has 2 aliphatic heterocycles. The van der Waals surface area contributed by atoms with E-state index < -0.39 is 4.84 Å². The van der Waals surface area contributed by atoms with Crippen LogP contribution in [0.25, 0.3) is 0 Å². The minimum atomic E-state index is -0.419. The summed E-state index contributed by atoms with van der Waals surface area (Å²) in [6.07, 6.45) is 5.71. The van der Waals surface area contributed by atoms with Gasteiger partial charge in [-0.05, 0) is 43.1 Å². The Hall–Kier alpha value is -0.570. The van der Waals surface area contributed by atoms with Crippen LogP contribution in [-0.4, -0.2) is 16.7 Å². The Morgan fingerprint density at radius 1 is 1.25 bits per heavy atom. The predicted molar refractivity (Wildman–Crippen MR) is 97.8 cm³/mol. The summed E-state index contributed by atoms with van der Waals surface area (Å²) >= 11 is 12.1. The summed E-state index contributed by atoms with van der Waals surface area (Å²) in [5, 5.41) is 0. The predicted octanol–water partition coefficient (Wildman–Crippen LogP) is 5.49. The number of ketones is 1. The number of Topliss-reactive ketones (excluding diaryl/α,β-unsaturated/α-hetero) is 1. The SMILES string of the molecule is [CH2]CCC(CC(=O)[C]1OC2CCC1CC2C(Cl)Cl)c1ccccc1. The molecule has 4 heteroatoms. The van der Waals surface area contributed by atoms with E-state index in [1.54, 1.807) is 0 Å². The smallest absolute Gasteiger partial charge is 0.169 e. The number of halogens is 2. The molecule has 2 nitrogen and oxygen atoms in total. The van der Waals surface area contributed by atoms with Crippen LogP contribution in [0.15, 0.2) is 30.3 Å². The van der Waals surface area contributed by atoms with Gasteiger partial charge in [0.05, 0.1) is 6.10 Å². The maximum absolute atomic E-state index is 12.9. The summed E-state index contributed by atoms with van der Waals surface area (Å²) in [4.78, 5) is 12.5. The van der Waals surface area contributed by atoms with Gasteiger partial charge in [0.25, 0.3) is 0 Å². The quantitative estimate of drug-likeness (QED) is 0.596. The van der Waals surface area contributed by atoms with E-state index in [1.165, 1.54) is 5.56 Å². The number of rotatable bonds is 7. The molecule has 4 rings (SSSR count). The van der Waals surface area contributed by atoms with Gasteiger partial charge >= 0.3 is 0 Å². The van der Waals surface area contributed by atoms with E-state index in [2.05, 4.69) is 19.1 Å². The van der Waals surface area contributed by atoms with Crippen molar-refractivity contribution in [3.05, 3.63) is 48.9 Å². The number of fused-ring (bicyclic) bond motifs is 3. The molecule has 1 saturated carbocycles. The fourth-order valence-corrected chi connectivity index (χ4v) is 4.59. The zero-order chi connectivity index (χ0) is 17.1. The van der Waals surface area contributed by atoms with Gasteiger partial charge in [-0.15, -0.1) is 23.2 Å². The average Bonchev–Trinajstić information content (AvgIpc) is 2.62. The van der Waals surface area contributed by atoms with Crippen LogP contribution in [0.2, 0.25) is 0 Å². The van der Waals surface area contributed by atoms with Gasteiger partial charge in [0.15, 0.2) is 11.9 Å². The second-order valence-electron chi connectivity index (χ2n) is 6.91. The summed E-state index contributed by atoms with van der Waals surface area (Å²) in [5.41, 5.74) is 1.20. The summed E-state index contributed by atoms with van der Waals surface area (Å²) < 4.78 is 6.02. The van der Waals surface area contributed by atoms with Crippen molar-refractivity contribution in [1.29, 1.82) is 0 Å². The summed E-state index contributed by atoms with van der Waals surface area (Å²) in [6.45, 7) is 3.96. The van der Waals surface area contributed by atoms with E-state index >= 15 is 0 Å². The fourth-order valence-electron chi connectivity index (χ4n) is 4.06. The zero-order valence-corrected chi connectivity index (χ0v) is 15.3. The summed E-state index contributed by atoms with van der Waals surface area (Å²) in [7, 11) is 0. The van der Waals surface area contributed by atoms with Crippen molar-refractivity contribution < 1.29 is 9.53 Å². The number of alkyl halides is 2. The van der Waals surface area contributed by atoms with E-state index in [-0.39, 0.29) is 29.6 Å². The molecule has 2 radical (unpaired) electrons. The molecule has 0 spiro atoms. The van der Waals surface area contributed by atoms with Crippen molar-refractivity contribution in [2.24, 2.45) is 11.8 Å². The normalized spacial score (nSPS) is 28.2. The third-order valence-corrected chi connectivity index (χ3v) is 5.98. The van der Waals surface area contributed by atoms with E-state index in [0.717, 1.165) is 32.1 Å². The molecule has 4 atom stereocenters. The topological polar surface area (TPSA) is 26.3 Å². The minimum Gasteiger partial charge on any atom is -0.360 e. The molecule has 1 aliphatic carbocycles. The lowest BCUT2D eigenvalue weighted by Crippen LogP contribution is -2.47. The second-order valence-corrected chi connectivity index (χ2v) is 8.07. The number of ether oxygens (including phenoxy) is 1. The summed E-state index contributed by atoms with van der Waals surface area (Å²) in [6, 6.07) is 10.2. The molecule has 130 valence electrons. The van der Waals surface area contributed by atoms with Gasteiger partial charge in [0, 0.05) is 12.3 Å². The van der Waals surface area contributed by atoms with E-state index in [9.17, 15) is 4.79 Å². The Morgan fingerprint density at radius 2 is 2.00 bits per heavy atom. The molecule has 0 N–H and O–H groups in total. The molecule has 2 bridgehead atoms. The lowest BCUT2D eigenvalue weighted by Gasteiger charge is -2.46. The molecule has 0 amide bonds. The standard InChI is InChI=1S/C20H24Cl2O2/c1-2-6-14(13-7-4-3-5-8-13)12-17(23)19-15-9-10-18(24-19)16(11-15)20(21)22/h3-5,7-8,14-16,18,20H,1-2,6,9-12H2. The number of carbonyl (C=O) groups excluding carboxylic acids is 1. The summed E-state index contributed by atoms with van der Waals surface area (Å²) in [5.74, 6) is 0.681. The molecule has 0 aromatic heterocycles. The van der Waals surface area contributed by atoms with Crippen molar-refractivity contribution in [3.63, 3.8) is 0 Å². The number of hydrogen-bond acceptors (Lipinski definition) is 2. The van der Waals surface area contributed by atoms with Crippen LogP contribution in [0.5, 0.6) is 0 Å². The van der Waals surface area contributed by atoms with Gasteiger partial charge in [-0.3, -0.25) is 4.79 Å². The monoisotopic (exact) mass is 366 g/mol. The van der Waals surface area contributed by atoms with Gasteiger partial charge in [-0.2, -0.15) is 0 Å². The fraction of sp³-hybridized carbons (Fsp3) is 0.550. The van der Waals surface area contributed by atoms with Crippen LogP contribution in [-0.2, 0) is 9.53 Å². The van der Waals surface area contributed by atoms with Crippen LogP contribution < -0.4 is 0 Å². The molecule has 1 aromatic carbocycles. The first-order chi connectivity index (χ1) is 11.6. The van der Waals surface area contributed by atoms with E-state index in [4.69, 9.17) is 27.9 Å². The Morgan fingerprint density at radius 3 is 2.58 bits per heavy atom. The van der Waals surface area contributed by atoms with Gasteiger partial charge in [-0.1, -0.05) is 43.7 Å². The van der Waals surface area contributed by atoms with Crippen LogP contribution in [0, 0.1) is 24.9 Å². The second kappa shape index (κ2) is 8.21. The Balaban J connectivity index is 1.66. The van der Waals surface area contributed by atoms with Crippen LogP contribution >= 0.6 is 23.2 Å². The van der Waals surface area contributed by atoms with Crippen LogP contribution in [0.1, 0.15) is 50.0 Å². The lowest BCUT2D eigenvalue weighted by molar-refractivity contribution is -0.141. The van der Waals surface area contributed by atoms with Crippen molar-refractivity contribution >= 4 is 29.0 Å². The minimum absolute atomic E-state index is 0.00281. The van der Waals surface area contributed by atoms with Crippen LogP contribution in [0.4, 0.5) is 0 Å². The lowest BCUT2D eigenvalue weighted by atomic mass is 9.72. The number of benzene rings is 1. The van der Waals surface area contributed by atoms with Gasteiger partial charge in [0.1, 0.15) is 4.84 Å². The Kier molecular flexibility index (Phi) is 6.23. The first-order valence-corrected chi connectivity index (χ1v) is 9.66. The van der Waals surface area contributed by atoms with E-state index in [0.29, 0.717) is 12.5 Å². The number of carbonyl (C=O) groups is 1. The van der Waals surface area contributed by atoms with Crippen molar-refractivity contribution in [3.8, 4) is 0 Å². The van der Waals surface area contributed by atoms with Crippen molar-refractivity contribution in [2.45, 2.75) is 55.4 Å². The zero-order valence-electron chi connectivity index (χ0n) is 13.8. The highest BCUT2D eigenvalue weighted by molar-refractivity contribution is 6.44. The van der Waals surface area contributed by atoms with Gasteiger partial charge in [0.2, 0.25) is 0 Å². The van der Waals surface area contributed by atoms with Crippen molar-refractivity contribution in [2.75, 3.05) is 0 Å². The molecule has 3 fully saturated rings. The Bertz CT molecular complexity index is 546. The molecule has 3 aliphatic rings. The molecular weight excluding hydrogens is 343 g/mol. The molecule has 4 unspecified atom stereocenters. The Labute approximate surface area is 154 Å². The average molecular weight is 367 g/mol. The first kappa shape index (κ1) is 18.2. The van der Waals surface area contributed by atoms with Crippen LogP contribution in [0.3, 0.4) is 0 Å². The molecule has 24 heavy (non-hydrogen) atoms. The van der Waals surface area contributed by atoms with Gasteiger partial charge in [-0.25, -0.2) is 0 Å². The maximum Gasteiger partial charge on any atom is 0.169 e. The van der Waals surface area contributed by atoms with Crippen molar-refractivity contribution in [1.82, 2.24) is 0 Å². The third kappa shape index (κ3) is 3.98. The largest absolute Gasteiger partial charge is 0.360 e. The molecule has 1 aromatic rings. The number of hydrogen-bond donors (Lipinski definition) is 0. The highest BCUT2D eigenvalue weighted by atomic mass is 35.5. The van der Waals surface area contributed by atoms with Gasteiger partial charge < -0.3 is 4.74 Å². The van der Waals surface area contributed by atoms with E-state index in [1.807, 2.05) is 18.2 Å². The highest BCUT2D eigenvalue weighted by Gasteiger charge is 2.48. The molecular formula is C20H24Cl2O2. The highest BCUT2D eigenvalue weighted by Crippen LogP contribution is 2.48. The first-order valence-electron chi connectivity index (χ1n) is 8.79. The molecule has 2 saturated heterocycles. The maximum atomic E-state index is 12.9. The third-order valence-electron chi connectivity index (χ3n) is 5.34.